The fourth-order valence-electron chi connectivity index (χ4n) is 4.47. The topological polar surface area (TPSA) is 62.9 Å². The smallest absolute Gasteiger partial charge is 0.406 e. The Hall–Kier alpha value is -3.19. The van der Waals surface area contributed by atoms with Crippen molar-refractivity contribution in [3.8, 4) is 23.2 Å². The van der Waals surface area contributed by atoms with E-state index in [0.29, 0.717) is 33.4 Å². The molecule has 1 saturated carbocycles. The molecule has 1 fully saturated rings. The largest absolute Gasteiger partial charge is 0.435 e. The quantitative estimate of drug-likeness (QED) is 0.372. The Balaban J connectivity index is 1.75. The number of pyridine rings is 1. The first kappa shape index (κ1) is 24.9. The summed E-state index contributed by atoms with van der Waals surface area (Å²) in [6.07, 6.45) is 0.833. The van der Waals surface area contributed by atoms with Crippen molar-refractivity contribution in [2.75, 3.05) is 0 Å². The number of halogens is 5. The summed E-state index contributed by atoms with van der Waals surface area (Å²) in [6.45, 7) is -0.868. The Kier molecular flexibility index (Phi) is 6.73. The van der Waals surface area contributed by atoms with Crippen LogP contribution >= 0.6 is 0 Å². The number of nitrogens with zero attached hydrogens (tertiary/aromatic N) is 3. The number of nitriles is 1. The Morgan fingerprint density at radius 2 is 1.89 bits per heavy atom. The highest BCUT2D eigenvalue weighted by molar-refractivity contribution is 5.95. The van der Waals surface area contributed by atoms with Gasteiger partial charge >= 0.3 is 12.8 Å². The SMILES string of the molecule is CC(C)(NCc1ccc(-c2c(C#N)c3ccc(OC(F)F)cc3n2C2CCCC2)nc1)C(F)(F)F. The molecule has 5 nitrogen and oxygen atoms in total. The van der Waals surface area contributed by atoms with Crippen LogP contribution in [0, 0.1) is 11.3 Å². The lowest BCUT2D eigenvalue weighted by atomic mass is 10.0. The van der Waals surface area contributed by atoms with Crippen molar-refractivity contribution in [2.45, 2.75) is 70.4 Å². The van der Waals surface area contributed by atoms with E-state index in [-0.39, 0.29) is 18.3 Å². The predicted octanol–water partition coefficient (Wildman–Crippen LogP) is 6.72. The zero-order chi connectivity index (χ0) is 25.4. The number of hydrogen-bond donors (Lipinski definition) is 1. The second kappa shape index (κ2) is 9.46. The van der Waals surface area contributed by atoms with Crippen LogP contribution in [0.5, 0.6) is 5.75 Å². The molecule has 1 aliphatic carbocycles. The number of rotatable bonds is 7. The third kappa shape index (κ3) is 4.96. The zero-order valence-corrected chi connectivity index (χ0v) is 19.3. The first-order valence-electron chi connectivity index (χ1n) is 11.3. The number of hydrogen-bond acceptors (Lipinski definition) is 4. The first-order chi connectivity index (χ1) is 16.5. The van der Waals surface area contributed by atoms with E-state index in [4.69, 9.17) is 0 Å². The van der Waals surface area contributed by atoms with Crippen LogP contribution in [0.1, 0.15) is 56.7 Å². The van der Waals surface area contributed by atoms with Gasteiger partial charge in [0.2, 0.25) is 0 Å². The molecule has 1 aliphatic rings. The zero-order valence-electron chi connectivity index (χ0n) is 19.3. The molecule has 3 aromatic rings. The van der Waals surface area contributed by atoms with Crippen molar-refractivity contribution >= 4 is 10.9 Å². The van der Waals surface area contributed by atoms with Crippen LogP contribution in [0.3, 0.4) is 0 Å². The maximum atomic E-state index is 13.1. The molecule has 10 heteroatoms. The summed E-state index contributed by atoms with van der Waals surface area (Å²) < 4.78 is 71.6. The molecule has 0 radical (unpaired) electrons. The van der Waals surface area contributed by atoms with Crippen molar-refractivity contribution in [2.24, 2.45) is 0 Å². The Morgan fingerprint density at radius 1 is 1.17 bits per heavy atom. The number of nitrogens with one attached hydrogen (secondary N) is 1. The summed E-state index contributed by atoms with van der Waals surface area (Å²) in [6, 6.07) is 10.2. The summed E-state index contributed by atoms with van der Waals surface area (Å²) >= 11 is 0. The molecule has 0 unspecified atom stereocenters. The molecule has 0 bridgehead atoms. The summed E-state index contributed by atoms with van der Waals surface area (Å²) in [5.74, 6) is 0.00180. The summed E-state index contributed by atoms with van der Waals surface area (Å²) in [4.78, 5) is 4.47. The molecule has 0 spiro atoms. The molecule has 0 amide bonds. The van der Waals surface area contributed by atoms with Crippen LogP contribution in [0.25, 0.3) is 22.3 Å². The van der Waals surface area contributed by atoms with Crippen molar-refractivity contribution < 1.29 is 26.7 Å². The molecular formula is C25H25F5N4O. The maximum Gasteiger partial charge on any atom is 0.406 e. The first-order valence-corrected chi connectivity index (χ1v) is 11.3. The minimum Gasteiger partial charge on any atom is -0.435 e. The predicted molar refractivity (Wildman–Crippen MR) is 121 cm³/mol. The molecule has 0 saturated heterocycles. The van der Waals surface area contributed by atoms with Crippen LogP contribution in [-0.2, 0) is 6.54 Å². The molecule has 2 aromatic heterocycles. The van der Waals surface area contributed by atoms with Gasteiger partial charge in [0.05, 0.1) is 22.5 Å². The minimum absolute atomic E-state index is 0.00180. The monoisotopic (exact) mass is 492 g/mol. The van der Waals surface area contributed by atoms with E-state index < -0.39 is 18.3 Å². The van der Waals surface area contributed by atoms with Gasteiger partial charge in [-0.3, -0.25) is 10.3 Å². The lowest BCUT2D eigenvalue weighted by Gasteiger charge is -2.29. The van der Waals surface area contributed by atoms with Gasteiger partial charge < -0.3 is 9.30 Å². The average Bonchev–Trinajstić information content (AvgIpc) is 3.42. The molecule has 0 aliphatic heterocycles. The van der Waals surface area contributed by atoms with Gasteiger partial charge in [-0.1, -0.05) is 18.9 Å². The van der Waals surface area contributed by atoms with E-state index in [1.165, 1.54) is 18.3 Å². The highest BCUT2D eigenvalue weighted by atomic mass is 19.4. The van der Waals surface area contributed by atoms with Crippen LogP contribution in [-0.4, -0.2) is 27.9 Å². The second-order valence-corrected chi connectivity index (χ2v) is 9.23. The fourth-order valence-corrected chi connectivity index (χ4v) is 4.47. The lowest BCUT2D eigenvalue weighted by molar-refractivity contribution is -0.186. The van der Waals surface area contributed by atoms with E-state index in [0.717, 1.165) is 39.5 Å². The standard InChI is InChI=1S/C25H25F5N4O/c1-24(2,25(28,29)30)33-14-15-7-10-20(32-13-15)22-19(12-31)18-9-8-17(35-23(26)27)11-21(18)34(22)16-5-3-4-6-16/h7-11,13,16,23,33H,3-6,14H2,1-2H3. The van der Waals surface area contributed by atoms with Crippen molar-refractivity contribution in [1.29, 1.82) is 5.26 Å². The number of ether oxygens (including phenoxy) is 1. The number of benzene rings is 1. The molecule has 0 atom stereocenters. The molecular weight excluding hydrogens is 467 g/mol. The van der Waals surface area contributed by atoms with Crippen molar-refractivity contribution in [3.63, 3.8) is 0 Å². The van der Waals surface area contributed by atoms with Gasteiger partial charge in [0, 0.05) is 30.2 Å². The van der Waals surface area contributed by atoms with E-state index in [2.05, 4.69) is 21.1 Å². The van der Waals surface area contributed by atoms with Gasteiger partial charge in [-0.15, -0.1) is 0 Å². The van der Waals surface area contributed by atoms with Crippen LogP contribution < -0.4 is 10.1 Å². The van der Waals surface area contributed by atoms with Gasteiger partial charge in [0.1, 0.15) is 17.4 Å². The molecule has 2 heterocycles. The van der Waals surface area contributed by atoms with Gasteiger partial charge in [0.15, 0.2) is 0 Å². The van der Waals surface area contributed by atoms with Crippen molar-refractivity contribution in [1.82, 2.24) is 14.9 Å². The van der Waals surface area contributed by atoms with Gasteiger partial charge in [-0.2, -0.15) is 27.2 Å². The minimum atomic E-state index is -4.41. The Labute approximate surface area is 199 Å². The number of fused-ring (bicyclic) bond motifs is 1. The summed E-state index contributed by atoms with van der Waals surface area (Å²) in [5, 5.41) is 13.1. The number of alkyl halides is 5. The molecule has 4 rings (SSSR count). The highest BCUT2D eigenvalue weighted by Gasteiger charge is 2.46. The van der Waals surface area contributed by atoms with E-state index in [1.807, 2.05) is 4.57 Å². The third-order valence-electron chi connectivity index (χ3n) is 6.51. The highest BCUT2D eigenvalue weighted by Crippen LogP contribution is 2.42. The second-order valence-electron chi connectivity index (χ2n) is 9.23. The summed E-state index contributed by atoms with van der Waals surface area (Å²) in [5.41, 5.74) is 0.527. The van der Waals surface area contributed by atoms with Crippen LogP contribution in [0.15, 0.2) is 36.5 Å². The van der Waals surface area contributed by atoms with E-state index in [1.54, 1.807) is 18.2 Å². The lowest BCUT2D eigenvalue weighted by Crippen LogP contribution is -2.51. The third-order valence-corrected chi connectivity index (χ3v) is 6.51. The Bertz CT molecular complexity index is 1240. The van der Waals surface area contributed by atoms with Gasteiger partial charge in [-0.05, 0) is 50.5 Å². The van der Waals surface area contributed by atoms with Gasteiger partial charge in [-0.25, -0.2) is 0 Å². The van der Waals surface area contributed by atoms with Crippen LogP contribution in [0.2, 0.25) is 0 Å². The number of aromatic nitrogens is 2. The molecule has 186 valence electrons. The molecule has 35 heavy (non-hydrogen) atoms. The molecule has 1 N–H and O–H groups in total. The van der Waals surface area contributed by atoms with E-state index >= 15 is 0 Å². The summed E-state index contributed by atoms with van der Waals surface area (Å²) in [7, 11) is 0. The average molecular weight is 492 g/mol. The van der Waals surface area contributed by atoms with Crippen molar-refractivity contribution in [3.05, 3.63) is 47.7 Å². The van der Waals surface area contributed by atoms with Gasteiger partial charge in [0.25, 0.3) is 0 Å². The van der Waals surface area contributed by atoms with E-state index in [9.17, 15) is 27.2 Å². The maximum absolute atomic E-state index is 13.1. The van der Waals surface area contributed by atoms with Crippen LogP contribution in [0.4, 0.5) is 22.0 Å². The Morgan fingerprint density at radius 3 is 2.46 bits per heavy atom. The normalized spacial score (nSPS) is 15.2. The fraction of sp³-hybridized carbons (Fsp3) is 0.440. The molecule has 1 aromatic carbocycles.